The number of fused-ring (bicyclic) bond motifs is 1. The molecule has 6 nitrogen and oxygen atoms in total. The molecule has 0 aliphatic carbocycles. The van der Waals surface area contributed by atoms with E-state index < -0.39 is 33.4 Å². The molecule has 0 aliphatic heterocycles. The molecule has 10 heteroatoms. The Morgan fingerprint density at radius 1 is 0.839 bits per heavy atom. The van der Waals surface area contributed by atoms with Crippen LogP contribution >= 0.6 is 0 Å². The van der Waals surface area contributed by atoms with Gasteiger partial charge in [0.2, 0.25) is 0 Å². The molecule has 0 aliphatic rings. The van der Waals surface area contributed by atoms with Crippen LogP contribution in [-0.2, 0) is 10.0 Å². The molecule has 1 heterocycles. The number of benzene rings is 3. The minimum atomic E-state index is -4.11. The van der Waals surface area contributed by atoms with E-state index in [1.54, 1.807) is 6.07 Å². The van der Waals surface area contributed by atoms with Crippen LogP contribution in [0.25, 0.3) is 10.9 Å². The molecule has 0 bridgehead atoms. The molecule has 31 heavy (non-hydrogen) atoms. The van der Waals surface area contributed by atoms with Crippen molar-refractivity contribution in [1.82, 2.24) is 4.98 Å². The van der Waals surface area contributed by atoms with Crippen LogP contribution in [0, 0.1) is 17.5 Å². The van der Waals surface area contributed by atoms with Crippen molar-refractivity contribution in [2.45, 2.75) is 4.90 Å². The van der Waals surface area contributed by atoms with Crippen LogP contribution in [0.4, 0.5) is 24.5 Å². The minimum Gasteiger partial charge on any atom is -0.350 e. The zero-order valence-electron chi connectivity index (χ0n) is 15.6. The molecule has 4 aromatic rings. The van der Waals surface area contributed by atoms with Gasteiger partial charge < -0.3 is 10.3 Å². The smallest absolute Gasteiger partial charge is 0.272 e. The lowest BCUT2D eigenvalue weighted by Crippen LogP contribution is -2.14. The number of carbonyl (C=O) groups is 1. The van der Waals surface area contributed by atoms with Gasteiger partial charge in [0.05, 0.1) is 10.6 Å². The predicted octanol–water partition coefficient (Wildman–Crippen LogP) is 4.64. The number of anilines is 2. The molecule has 0 saturated carbocycles. The van der Waals surface area contributed by atoms with Crippen molar-refractivity contribution in [3.8, 4) is 0 Å². The lowest BCUT2D eigenvalue weighted by Gasteiger charge is -2.09. The molecule has 1 aromatic heterocycles. The molecule has 3 aromatic carbocycles. The third kappa shape index (κ3) is 4.38. The average molecular weight is 445 g/mol. The fourth-order valence-corrected chi connectivity index (χ4v) is 4.02. The summed E-state index contributed by atoms with van der Waals surface area (Å²) in [6.45, 7) is 0. The number of hydrogen-bond acceptors (Lipinski definition) is 3. The van der Waals surface area contributed by atoms with Crippen LogP contribution in [-0.4, -0.2) is 19.3 Å². The highest BCUT2D eigenvalue weighted by Crippen LogP contribution is 2.22. The largest absolute Gasteiger partial charge is 0.350 e. The first-order valence-corrected chi connectivity index (χ1v) is 10.4. The number of hydrogen-bond donors (Lipinski definition) is 3. The fraction of sp³-hybridized carbons (Fsp3) is 0. The summed E-state index contributed by atoms with van der Waals surface area (Å²) in [6.07, 6.45) is 0. The maximum absolute atomic E-state index is 13.8. The first kappa shape index (κ1) is 20.5. The topological polar surface area (TPSA) is 91.1 Å². The van der Waals surface area contributed by atoms with E-state index in [1.165, 1.54) is 42.5 Å². The van der Waals surface area contributed by atoms with Gasteiger partial charge in [-0.3, -0.25) is 9.52 Å². The van der Waals surface area contributed by atoms with E-state index in [0.29, 0.717) is 17.3 Å². The Labute approximate surface area is 174 Å². The molecular formula is C21H14F3N3O3S. The van der Waals surface area contributed by atoms with Crippen LogP contribution < -0.4 is 10.0 Å². The van der Waals surface area contributed by atoms with Gasteiger partial charge in [0, 0.05) is 22.7 Å². The number of aromatic nitrogens is 1. The van der Waals surface area contributed by atoms with Crippen molar-refractivity contribution in [3.63, 3.8) is 0 Å². The molecule has 0 saturated heterocycles. The Kier molecular flexibility index (Phi) is 5.15. The maximum Gasteiger partial charge on any atom is 0.272 e. The zero-order valence-corrected chi connectivity index (χ0v) is 16.4. The number of rotatable bonds is 5. The van der Waals surface area contributed by atoms with Crippen LogP contribution in [0.3, 0.4) is 0 Å². The Balaban J connectivity index is 1.50. The molecular weight excluding hydrogens is 431 g/mol. The van der Waals surface area contributed by atoms with E-state index in [0.717, 1.165) is 12.1 Å². The van der Waals surface area contributed by atoms with Gasteiger partial charge in [-0.2, -0.15) is 0 Å². The quantitative estimate of drug-likeness (QED) is 0.418. The van der Waals surface area contributed by atoms with E-state index in [4.69, 9.17) is 0 Å². The highest BCUT2D eigenvalue weighted by molar-refractivity contribution is 7.92. The summed E-state index contributed by atoms with van der Waals surface area (Å²) in [5.74, 6) is -2.85. The molecule has 4 rings (SSSR count). The predicted molar refractivity (Wildman–Crippen MR) is 110 cm³/mol. The fourth-order valence-electron chi connectivity index (χ4n) is 2.98. The molecule has 158 valence electrons. The van der Waals surface area contributed by atoms with E-state index in [9.17, 15) is 26.4 Å². The Morgan fingerprint density at radius 3 is 2.16 bits per heavy atom. The monoisotopic (exact) mass is 445 g/mol. The second-order valence-corrected chi connectivity index (χ2v) is 8.31. The van der Waals surface area contributed by atoms with Gasteiger partial charge >= 0.3 is 0 Å². The maximum atomic E-state index is 13.8. The Morgan fingerprint density at radius 2 is 1.52 bits per heavy atom. The summed E-state index contributed by atoms with van der Waals surface area (Å²) >= 11 is 0. The van der Waals surface area contributed by atoms with Gasteiger partial charge in [-0.1, -0.05) is 6.07 Å². The first-order valence-electron chi connectivity index (χ1n) is 8.89. The van der Waals surface area contributed by atoms with Gasteiger partial charge in [-0.05, 0) is 54.6 Å². The van der Waals surface area contributed by atoms with Crippen molar-refractivity contribution in [2.75, 3.05) is 10.0 Å². The van der Waals surface area contributed by atoms with Gasteiger partial charge in [0.15, 0.2) is 0 Å². The summed E-state index contributed by atoms with van der Waals surface area (Å²) in [6, 6.07) is 13.3. The SMILES string of the molecule is O=C(Nc1ccc(S(=O)(=O)Nc2cc(F)cc(F)c2)cc1)c1cc2c(F)cccc2[nH]1. The number of carbonyl (C=O) groups excluding carboxylic acids is 1. The van der Waals surface area contributed by atoms with Gasteiger partial charge in [0.25, 0.3) is 15.9 Å². The van der Waals surface area contributed by atoms with Gasteiger partial charge in [-0.15, -0.1) is 0 Å². The van der Waals surface area contributed by atoms with Gasteiger partial charge in [-0.25, -0.2) is 21.6 Å². The minimum absolute atomic E-state index is 0.131. The normalized spacial score (nSPS) is 11.5. The van der Waals surface area contributed by atoms with Crippen molar-refractivity contribution in [1.29, 1.82) is 0 Å². The molecule has 0 fully saturated rings. The summed E-state index contributed by atoms with van der Waals surface area (Å²) in [5, 5.41) is 2.85. The third-order valence-corrected chi connectivity index (χ3v) is 5.79. The lowest BCUT2D eigenvalue weighted by molar-refractivity contribution is 0.102. The van der Waals surface area contributed by atoms with Crippen molar-refractivity contribution >= 4 is 38.2 Å². The highest BCUT2D eigenvalue weighted by atomic mass is 32.2. The number of sulfonamides is 1. The van der Waals surface area contributed by atoms with Gasteiger partial charge in [0.1, 0.15) is 23.1 Å². The Hall–Kier alpha value is -3.79. The number of H-pyrrole nitrogens is 1. The van der Waals surface area contributed by atoms with E-state index in [-0.39, 0.29) is 21.7 Å². The van der Waals surface area contributed by atoms with E-state index in [1.807, 2.05) is 0 Å². The number of nitrogens with one attached hydrogen (secondary N) is 3. The van der Waals surface area contributed by atoms with E-state index in [2.05, 4.69) is 15.0 Å². The zero-order chi connectivity index (χ0) is 22.2. The van der Waals surface area contributed by atoms with Crippen molar-refractivity contribution < 1.29 is 26.4 Å². The van der Waals surface area contributed by atoms with Crippen LogP contribution in [0.2, 0.25) is 0 Å². The number of aromatic amines is 1. The number of amides is 1. The lowest BCUT2D eigenvalue weighted by atomic mass is 10.2. The highest BCUT2D eigenvalue weighted by Gasteiger charge is 2.16. The molecule has 0 radical (unpaired) electrons. The first-order chi connectivity index (χ1) is 14.7. The second-order valence-electron chi connectivity index (χ2n) is 6.63. The average Bonchev–Trinajstić information content (AvgIpc) is 3.13. The van der Waals surface area contributed by atoms with Crippen molar-refractivity contribution in [2.24, 2.45) is 0 Å². The summed E-state index contributed by atoms with van der Waals surface area (Å²) in [7, 11) is -4.11. The Bertz CT molecular complexity index is 1380. The summed E-state index contributed by atoms with van der Waals surface area (Å²) in [5.41, 5.74) is 0.624. The molecule has 1 amide bonds. The molecule has 0 atom stereocenters. The number of halogens is 3. The third-order valence-electron chi connectivity index (χ3n) is 4.39. The van der Waals surface area contributed by atoms with Crippen LogP contribution in [0.15, 0.2) is 71.6 Å². The van der Waals surface area contributed by atoms with E-state index >= 15 is 0 Å². The molecule has 0 unspecified atom stereocenters. The summed E-state index contributed by atoms with van der Waals surface area (Å²) in [4.78, 5) is 15.0. The second kappa shape index (κ2) is 7.80. The summed E-state index contributed by atoms with van der Waals surface area (Å²) < 4.78 is 67.3. The van der Waals surface area contributed by atoms with Crippen LogP contribution in [0.1, 0.15) is 10.5 Å². The van der Waals surface area contributed by atoms with Crippen molar-refractivity contribution in [3.05, 3.63) is 89.9 Å². The standard InChI is InChI=1S/C21H14F3N3O3S/c22-12-8-13(23)10-15(9-12)27-31(29,30)16-6-4-14(5-7-16)25-21(28)20-11-17-18(24)2-1-3-19(17)26-20/h1-11,26-27H,(H,25,28). The van der Waals surface area contributed by atoms with Crippen LogP contribution in [0.5, 0.6) is 0 Å². The molecule has 3 N–H and O–H groups in total. The molecule has 0 spiro atoms.